The van der Waals surface area contributed by atoms with Gasteiger partial charge in [0.1, 0.15) is 5.82 Å². The minimum Gasteiger partial charge on any atom is -0.395 e. The number of amides is 1. The highest BCUT2D eigenvalue weighted by molar-refractivity contribution is 5.78. The highest BCUT2D eigenvalue weighted by Crippen LogP contribution is 2.23. The van der Waals surface area contributed by atoms with Gasteiger partial charge in [-0.3, -0.25) is 9.69 Å². The molecule has 2 heterocycles. The van der Waals surface area contributed by atoms with Gasteiger partial charge in [0.25, 0.3) is 0 Å². The number of aliphatic hydroxyl groups is 1. The van der Waals surface area contributed by atoms with E-state index in [-0.39, 0.29) is 24.4 Å². The van der Waals surface area contributed by atoms with Gasteiger partial charge < -0.3 is 14.9 Å². The molecular formula is C19H28FN3O2. The zero-order valence-electron chi connectivity index (χ0n) is 14.9. The minimum absolute atomic E-state index is 0.105. The van der Waals surface area contributed by atoms with Gasteiger partial charge in [0.05, 0.1) is 13.2 Å². The number of piperidine rings is 1. The fraction of sp³-hybridized carbons (Fsp3) is 0.632. The predicted molar refractivity (Wildman–Crippen MR) is 96.1 cm³/mol. The fourth-order valence-corrected chi connectivity index (χ4v) is 3.94. The second-order valence-electron chi connectivity index (χ2n) is 7.13. The molecule has 0 aromatic heterocycles. The number of piperazine rings is 1. The molecule has 0 spiro atoms. The topological polar surface area (TPSA) is 47.0 Å². The number of likely N-dealkylation sites (tertiary alicyclic amines) is 1. The lowest BCUT2D eigenvalue weighted by Gasteiger charge is -2.41. The van der Waals surface area contributed by atoms with E-state index >= 15 is 0 Å². The van der Waals surface area contributed by atoms with Crippen molar-refractivity contribution < 1.29 is 14.3 Å². The number of anilines is 1. The molecule has 3 rings (SSSR count). The molecule has 1 aromatic carbocycles. The van der Waals surface area contributed by atoms with E-state index in [0.29, 0.717) is 25.7 Å². The third kappa shape index (κ3) is 4.30. The monoisotopic (exact) mass is 349 g/mol. The van der Waals surface area contributed by atoms with Crippen LogP contribution in [0.5, 0.6) is 0 Å². The molecule has 2 fully saturated rings. The van der Waals surface area contributed by atoms with Crippen LogP contribution in [0.3, 0.4) is 0 Å². The number of halogens is 1. The number of carbonyl (C=O) groups excluding carboxylic acids is 1. The van der Waals surface area contributed by atoms with Gasteiger partial charge in [0.2, 0.25) is 5.91 Å². The first-order valence-corrected chi connectivity index (χ1v) is 9.23. The average molecular weight is 349 g/mol. The van der Waals surface area contributed by atoms with Gasteiger partial charge in [0.15, 0.2) is 0 Å². The van der Waals surface area contributed by atoms with E-state index in [9.17, 15) is 14.3 Å². The third-order valence-corrected chi connectivity index (χ3v) is 5.55. The van der Waals surface area contributed by atoms with E-state index in [1.807, 2.05) is 4.90 Å². The van der Waals surface area contributed by atoms with Crippen LogP contribution in [0.4, 0.5) is 10.1 Å². The van der Waals surface area contributed by atoms with Crippen LogP contribution < -0.4 is 4.90 Å². The Morgan fingerprint density at radius 3 is 2.48 bits per heavy atom. The number of aliphatic hydroxyl groups excluding tert-OH is 1. The molecule has 5 nitrogen and oxygen atoms in total. The van der Waals surface area contributed by atoms with Crippen molar-refractivity contribution in [1.29, 1.82) is 0 Å². The lowest BCUT2D eigenvalue weighted by atomic mass is 9.97. The zero-order valence-corrected chi connectivity index (χ0v) is 14.9. The van der Waals surface area contributed by atoms with E-state index in [2.05, 4.69) is 16.7 Å². The summed E-state index contributed by atoms with van der Waals surface area (Å²) in [5.41, 5.74) is 0.999. The molecule has 0 bridgehead atoms. The molecule has 1 amide bonds. The number of nitrogens with zero attached hydrogens (tertiary/aromatic N) is 3. The van der Waals surface area contributed by atoms with Crippen LogP contribution in [0.1, 0.15) is 26.2 Å². The summed E-state index contributed by atoms with van der Waals surface area (Å²) in [6, 6.07) is 6.96. The van der Waals surface area contributed by atoms with Gasteiger partial charge in [0, 0.05) is 44.0 Å². The van der Waals surface area contributed by atoms with Crippen molar-refractivity contribution in [2.75, 3.05) is 44.2 Å². The average Bonchev–Trinajstić information content (AvgIpc) is 2.64. The maximum atomic E-state index is 13.0. The van der Waals surface area contributed by atoms with Gasteiger partial charge in [-0.2, -0.15) is 0 Å². The Labute approximate surface area is 149 Å². The zero-order chi connectivity index (χ0) is 17.8. The van der Waals surface area contributed by atoms with Gasteiger partial charge >= 0.3 is 0 Å². The first-order valence-electron chi connectivity index (χ1n) is 9.23. The first kappa shape index (κ1) is 18.1. The molecule has 138 valence electrons. The molecule has 1 N–H and O–H groups in total. The van der Waals surface area contributed by atoms with Crippen molar-refractivity contribution in [3.05, 3.63) is 30.1 Å². The lowest BCUT2D eigenvalue weighted by molar-refractivity contribution is -0.134. The molecule has 0 aliphatic carbocycles. The summed E-state index contributed by atoms with van der Waals surface area (Å²) in [6.45, 7) is 5.54. The van der Waals surface area contributed by atoms with Gasteiger partial charge in [-0.25, -0.2) is 4.39 Å². The summed E-state index contributed by atoms with van der Waals surface area (Å²) in [5.74, 6) is -0.0855. The van der Waals surface area contributed by atoms with Crippen molar-refractivity contribution >= 4 is 11.6 Å². The van der Waals surface area contributed by atoms with Gasteiger partial charge in [-0.05, 0) is 44.0 Å². The summed E-state index contributed by atoms with van der Waals surface area (Å²) >= 11 is 0. The van der Waals surface area contributed by atoms with Gasteiger partial charge in [-0.1, -0.05) is 6.42 Å². The maximum Gasteiger partial charge on any atom is 0.236 e. The Hall–Kier alpha value is -1.66. The van der Waals surface area contributed by atoms with Crippen LogP contribution >= 0.6 is 0 Å². The Morgan fingerprint density at radius 1 is 1.16 bits per heavy atom. The molecule has 2 unspecified atom stereocenters. The quantitative estimate of drug-likeness (QED) is 0.899. The predicted octanol–water partition coefficient (Wildman–Crippen LogP) is 1.71. The summed E-state index contributed by atoms with van der Waals surface area (Å²) in [6.07, 6.45) is 3.17. The number of rotatable bonds is 4. The Kier molecular flexibility index (Phi) is 5.91. The van der Waals surface area contributed by atoms with E-state index in [1.54, 1.807) is 12.1 Å². The smallest absolute Gasteiger partial charge is 0.236 e. The van der Waals surface area contributed by atoms with Crippen molar-refractivity contribution in [1.82, 2.24) is 9.80 Å². The molecule has 6 heteroatoms. The van der Waals surface area contributed by atoms with Crippen molar-refractivity contribution in [2.24, 2.45) is 0 Å². The van der Waals surface area contributed by atoms with Crippen LogP contribution in [0, 0.1) is 5.82 Å². The number of hydrogen-bond donors (Lipinski definition) is 1. The second kappa shape index (κ2) is 8.15. The van der Waals surface area contributed by atoms with Crippen LogP contribution in [0.25, 0.3) is 0 Å². The van der Waals surface area contributed by atoms with E-state index in [1.165, 1.54) is 12.1 Å². The summed E-state index contributed by atoms with van der Waals surface area (Å²) in [5, 5.41) is 9.58. The maximum absolute atomic E-state index is 13.0. The minimum atomic E-state index is -0.230. The highest BCUT2D eigenvalue weighted by atomic mass is 19.1. The molecule has 2 aliphatic heterocycles. The summed E-state index contributed by atoms with van der Waals surface area (Å²) in [4.78, 5) is 19.0. The third-order valence-electron chi connectivity index (χ3n) is 5.55. The first-order chi connectivity index (χ1) is 12.1. The summed E-state index contributed by atoms with van der Waals surface area (Å²) < 4.78 is 13.0. The lowest BCUT2D eigenvalue weighted by Crippen LogP contribution is -2.55. The Bertz CT molecular complexity index is 573. The molecule has 0 radical (unpaired) electrons. The second-order valence-corrected chi connectivity index (χ2v) is 7.13. The number of hydrogen-bond acceptors (Lipinski definition) is 4. The van der Waals surface area contributed by atoms with Crippen LogP contribution in [-0.4, -0.2) is 72.2 Å². The molecule has 2 saturated heterocycles. The van der Waals surface area contributed by atoms with Crippen LogP contribution in [0.15, 0.2) is 24.3 Å². The standard InChI is InChI=1S/C19H28FN3O2/c1-15-3-2-4-18(14-24)23(15)13-19(25)22-11-9-21(10-12-22)17-7-5-16(20)6-8-17/h5-8,15,18,24H,2-4,9-14H2,1H3. The molecule has 0 saturated carbocycles. The van der Waals surface area contributed by atoms with E-state index < -0.39 is 0 Å². The van der Waals surface area contributed by atoms with Crippen molar-refractivity contribution in [3.63, 3.8) is 0 Å². The molecule has 2 aliphatic rings. The van der Waals surface area contributed by atoms with Crippen LogP contribution in [0.2, 0.25) is 0 Å². The fourth-order valence-electron chi connectivity index (χ4n) is 3.94. The van der Waals surface area contributed by atoms with Crippen molar-refractivity contribution in [3.8, 4) is 0 Å². The Morgan fingerprint density at radius 2 is 1.84 bits per heavy atom. The SMILES string of the molecule is CC1CCCC(CO)N1CC(=O)N1CCN(c2ccc(F)cc2)CC1. The van der Waals surface area contributed by atoms with E-state index in [0.717, 1.165) is 38.0 Å². The number of carbonyl (C=O) groups is 1. The van der Waals surface area contributed by atoms with Crippen LogP contribution in [-0.2, 0) is 4.79 Å². The Balaban J connectivity index is 1.53. The van der Waals surface area contributed by atoms with Gasteiger partial charge in [-0.15, -0.1) is 0 Å². The van der Waals surface area contributed by atoms with Crippen molar-refractivity contribution in [2.45, 2.75) is 38.3 Å². The normalized spacial score (nSPS) is 25.2. The summed E-state index contributed by atoms with van der Waals surface area (Å²) in [7, 11) is 0. The molecule has 25 heavy (non-hydrogen) atoms. The highest BCUT2D eigenvalue weighted by Gasteiger charge is 2.31. The number of benzene rings is 1. The molecule has 2 atom stereocenters. The van der Waals surface area contributed by atoms with E-state index in [4.69, 9.17) is 0 Å². The largest absolute Gasteiger partial charge is 0.395 e. The molecule has 1 aromatic rings. The molecular weight excluding hydrogens is 321 g/mol.